The van der Waals surface area contributed by atoms with Gasteiger partial charge in [0.2, 0.25) is 0 Å². The fourth-order valence-electron chi connectivity index (χ4n) is 3.63. The molecule has 0 aliphatic carbocycles. The third-order valence-corrected chi connectivity index (χ3v) is 4.78. The molecule has 0 radical (unpaired) electrons. The van der Waals surface area contributed by atoms with Gasteiger partial charge in [-0.15, -0.1) is 0 Å². The molecule has 3 nitrogen and oxygen atoms in total. The van der Waals surface area contributed by atoms with E-state index in [2.05, 4.69) is 69.0 Å². The first-order valence-corrected chi connectivity index (χ1v) is 8.26. The Morgan fingerprint density at radius 1 is 1.22 bits per heavy atom. The van der Waals surface area contributed by atoms with Gasteiger partial charge in [-0.2, -0.15) is 0 Å². The Kier molecular flexibility index (Phi) is 4.05. The molecule has 0 amide bonds. The lowest BCUT2D eigenvalue weighted by atomic mass is 9.76. The highest BCUT2D eigenvalue weighted by atomic mass is 16.6. The number of esters is 1. The van der Waals surface area contributed by atoms with Crippen molar-refractivity contribution in [1.82, 2.24) is 0 Å². The Bertz CT molecular complexity index is 681. The van der Waals surface area contributed by atoms with Gasteiger partial charge in [0.1, 0.15) is 0 Å². The molecule has 0 unspecified atom stereocenters. The normalized spacial score (nSPS) is 24.8. The van der Waals surface area contributed by atoms with E-state index in [0.29, 0.717) is 6.42 Å². The number of hydrogen-bond donors (Lipinski definition) is 0. The Hall–Kier alpha value is -2.03. The molecular weight excluding hydrogens is 286 g/mol. The maximum Gasteiger partial charge on any atom is 0.308 e. The number of para-hydroxylation sites is 1. The van der Waals surface area contributed by atoms with Crippen LogP contribution >= 0.6 is 0 Å². The van der Waals surface area contributed by atoms with Crippen molar-refractivity contribution in [3.8, 4) is 0 Å². The fraction of sp³-hybridized carbons (Fsp3) is 0.450. The quantitative estimate of drug-likeness (QED) is 0.612. The van der Waals surface area contributed by atoms with Gasteiger partial charge >= 0.3 is 5.97 Å². The molecule has 2 aliphatic heterocycles. The first kappa shape index (κ1) is 15.9. The minimum atomic E-state index is -0.250. The predicted molar refractivity (Wildman–Crippen MR) is 93.4 cm³/mol. The maximum absolute atomic E-state index is 12.1. The molecule has 0 bridgehead atoms. The highest BCUT2D eigenvalue weighted by Gasteiger charge is 2.57. The van der Waals surface area contributed by atoms with Crippen LogP contribution in [0.5, 0.6) is 0 Å². The van der Waals surface area contributed by atoms with Crippen molar-refractivity contribution in [2.75, 3.05) is 11.4 Å². The van der Waals surface area contributed by atoms with Crippen LogP contribution in [0.25, 0.3) is 0 Å². The van der Waals surface area contributed by atoms with Crippen molar-refractivity contribution in [1.29, 1.82) is 0 Å². The molecule has 1 fully saturated rings. The van der Waals surface area contributed by atoms with E-state index in [-0.39, 0.29) is 17.6 Å². The number of benzene rings is 1. The van der Waals surface area contributed by atoms with Gasteiger partial charge < -0.3 is 9.64 Å². The van der Waals surface area contributed by atoms with Crippen LogP contribution in [0.4, 0.5) is 5.69 Å². The average molecular weight is 311 g/mol. The second-order valence-electron chi connectivity index (χ2n) is 7.11. The molecule has 1 aromatic carbocycles. The largest absolute Gasteiger partial charge is 0.440 e. The minimum absolute atomic E-state index is 0.0890. The summed E-state index contributed by atoms with van der Waals surface area (Å²) in [6.45, 7) is 9.17. The number of fused-ring (bicyclic) bond motifs is 3. The molecule has 3 heteroatoms. The van der Waals surface area contributed by atoms with E-state index in [1.165, 1.54) is 22.4 Å². The van der Waals surface area contributed by atoms with Crippen LogP contribution in [0.3, 0.4) is 0 Å². The zero-order valence-electron chi connectivity index (χ0n) is 14.4. The third-order valence-electron chi connectivity index (χ3n) is 4.78. The van der Waals surface area contributed by atoms with Gasteiger partial charge in [0, 0.05) is 12.2 Å². The summed E-state index contributed by atoms with van der Waals surface area (Å²) in [4.78, 5) is 14.4. The van der Waals surface area contributed by atoms with E-state index >= 15 is 0 Å². The lowest BCUT2D eigenvalue weighted by molar-refractivity contribution is -0.141. The summed E-state index contributed by atoms with van der Waals surface area (Å²) in [6.07, 6.45) is 5.53. The van der Waals surface area contributed by atoms with Crippen LogP contribution in [0.2, 0.25) is 0 Å². The summed E-state index contributed by atoms with van der Waals surface area (Å²) in [7, 11) is 0. The molecular formula is C20H25NO2. The molecule has 0 aromatic heterocycles. The van der Waals surface area contributed by atoms with E-state index in [1.807, 2.05) is 0 Å². The van der Waals surface area contributed by atoms with E-state index in [4.69, 9.17) is 4.74 Å². The van der Waals surface area contributed by atoms with E-state index in [0.717, 1.165) is 13.0 Å². The summed E-state index contributed by atoms with van der Waals surface area (Å²) in [5.41, 5.74) is 4.74. The molecule has 0 saturated carbocycles. The Labute approximate surface area is 138 Å². The second-order valence-corrected chi connectivity index (χ2v) is 7.11. The van der Waals surface area contributed by atoms with Crippen molar-refractivity contribution in [3.63, 3.8) is 0 Å². The number of carbonyl (C=O) groups is 1. The van der Waals surface area contributed by atoms with E-state index in [9.17, 15) is 4.79 Å². The third kappa shape index (κ3) is 2.69. The standard InChI is InChI=1S/C20H25NO2/c1-14(2)9-11-20-13-18(22)23-19(20)21(12-10-15(3)4)17-8-6-5-7-16(17)20/h5-10,19H,11-13H2,1-4H3/t19-,20-/m0/s1. The van der Waals surface area contributed by atoms with Gasteiger partial charge in [-0.3, -0.25) is 4.79 Å². The Balaban J connectivity index is 2.07. The molecule has 2 aliphatic rings. The van der Waals surface area contributed by atoms with E-state index in [1.54, 1.807) is 0 Å². The molecule has 2 atom stereocenters. The van der Waals surface area contributed by atoms with Crippen LogP contribution in [0.1, 0.15) is 46.1 Å². The van der Waals surface area contributed by atoms with Crippen molar-refractivity contribution in [2.24, 2.45) is 0 Å². The Morgan fingerprint density at radius 3 is 2.61 bits per heavy atom. The molecule has 0 spiro atoms. The summed E-state index contributed by atoms with van der Waals surface area (Å²) in [5, 5.41) is 0. The molecule has 1 aromatic rings. The van der Waals surface area contributed by atoms with Gasteiger partial charge in [0.15, 0.2) is 6.23 Å². The Morgan fingerprint density at radius 2 is 1.91 bits per heavy atom. The van der Waals surface area contributed by atoms with Crippen molar-refractivity contribution < 1.29 is 9.53 Å². The highest BCUT2D eigenvalue weighted by molar-refractivity contribution is 5.80. The lowest BCUT2D eigenvalue weighted by Gasteiger charge is -2.30. The molecule has 2 heterocycles. The topological polar surface area (TPSA) is 29.5 Å². The fourth-order valence-corrected chi connectivity index (χ4v) is 3.63. The molecule has 122 valence electrons. The highest BCUT2D eigenvalue weighted by Crippen LogP contribution is 2.53. The van der Waals surface area contributed by atoms with Gasteiger partial charge in [0.25, 0.3) is 0 Å². The summed E-state index contributed by atoms with van der Waals surface area (Å²) >= 11 is 0. The minimum Gasteiger partial charge on any atom is -0.440 e. The summed E-state index contributed by atoms with van der Waals surface area (Å²) < 4.78 is 5.78. The van der Waals surface area contributed by atoms with Gasteiger partial charge in [0.05, 0.1) is 11.8 Å². The number of nitrogens with zero attached hydrogens (tertiary/aromatic N) is 1. The average Bonchev–Trinajstić information content (AvgIpc) is 2.94. The van der Waals surface area contributed by atoms with Crippen LogP contribution in [0, 0.1) is 0 Å². The SMILES string of the molecule is CC(C)=CCN1c2ccccc2[C@]2(CC=C(C)C)CC(=O)O[C@H]12. The predicted octanol–water partition coefficient (Wildman–Crippen LogP) is 4.34. The number of ether oxygens (including phenoxy) is 1. The van der Waals surface area contributed by atoms with Gasteiger partial charge in [-0.05, 0) is 45.7 Å². The van der Waals surface area contributed by atoms with Crippen LogP contribution in [-0.4, -0.2) is 18.7 Å². The zero-order chi connectivity index (χ0) is 16.6. The smallest absolute Gasteiger partial charge is 0.308 e. The van der Waals surface area contributed by atoms with Gasteiger partial charge in [-0.25, -0.2) is 0 Å². The second kappa shape index (κ2) is 5.88. The number of rotatable bonds is 4. The number of hydrogen-bond acceptors (Lipinski definition) is 3. The summed E-state index contributed by atoms with van der Waals surface area (Å²) in [5.74, 6) is -0.0890. The molecule has 3 rings (SSSR count). The van der Waals surface area contributed by atoms with Crippen LogP contribution in [0.15, 0.2) is 47.6 Å². The number of anilines is 1. The number of carbonyl (C=O) groups excluding carboxylic acids is 1. The molecule has 23 heavy (non-hydrogen) atoms. The van der Waals surface area contributed by atoms with Crippen LogP contribution in [-0.2, 0) is 14.9 Å². The van der Waals surface area contributed by atoms with Crippen molar-refractivity contribution in [2.45, 2.75) is 52.2 Å². The van der Waals surface area contributed by atoms with E-state index < -0.39 is 0 Å². The van der Waals surface area contributed by atoms with Gasteiger partial charge in [-0.1, -0.05) is 41.5 Å². The van der Waals surface area contributed by atoms with Crippen molar-refractivity contribution >= 4 is 11.7 Å². The van der Waals surface area contributed by atoms with Crippen molar-refractivity contribution in [3.05, 3.63) is 53.1 Å². The summed E-state index contributed by atoms with van der Waals surface area (Å²) in [6, 6.07) is 8.43. The van der Waals surface area contributed by atoms with Crippen LogP contribution < -0.4 is 4.90 Å². The molecule has 0 N–H and O–H groups in total. The monoisotopic (exact) mass is 311 g/mol. The number of allylic oxidation sites excluding steroid dienone is 3. The lowest BCUT2D eigenvalue weighted by Crippen LogP contribution is -2.42. The zero-order valence-corrected chi connectivity index (χ0v) is 14.4. The first-order valence-electron chi connectivity index (χ1n) is 8.26. The maximum atomic E-state index is 12.1. The molecule has 1 saturated heterocycles. The first-order chi connectivity index (χ1) is 10.9.